The van der Waals surface area contributed by atoms with Gasteiger partial charge in [-0.1, -0.05) is 55.8 Å². The highest BCUT2D eigenvalue weighted by Crippen LogP contribution is 2.31. The van der Waals surface area contributed by atoms with E-state index in [1.165, 1.54) is 10.9 Å². The van der Waals surface area contributed by atoms with Crippen LogP contribution in [-0.2, 0) is 6.42 Å². The summed E-state index contributed by atoms with van der Waals surface area (Å²) < 4.78 is 40.3. The lowest BCUT2D eigenvalue weighted by atomic mass is 9.96. The first kappa shape index (κ1) is 16.6. The van der Waals surface area contributed by atoms with E-state index < -0.39 is 17.5 Å². The Labute approximate surface area is 149 Å². The van der Waals surface area contributed by atoms with Gasteiger partial charge in [-0.05, 0) is 62.9 Å². The summed E-state index contributed by atoms with van der Waals surface area (Å²) >= 11 is 0. The minimum atomic E-state index is -1.44. The van der Waals surface area contributed by atoms with Crippen molar-refractivity contribution in [2.45, 2.75) is 19.8 Å². The Morgan fingerprint density at radius 1 is 0.654 bits per heavy atom. The van der Waals surface area contributed by atoms with Gasteiger partial charge >= 0.3 is 0 Å². The van der Waals surface area contributed by atoms with Crippen molar-refractivity contribution in [2.24, 2.45) is 0 Å². The van der Waals surface area contributed by atoms with Gasteiger partial charge in [-0.2, -0.15) is 0 Å². The molecule has 0 atom stereocenters. The normalized spacial score (nSPS) is 11.4. The van der Waals surface area contributed by atoms with Crippen molar-refractivity contribution < 1.29 is 13.2 Å². The van der Waals surface area contributed by atoms with Crippen molar-refractivity contribution in [3.63, 3.8) is 0 Å². The number of aryl methyl sites for hydroxylation is 1. The highest BCUT2D eigenvalue weighted by Gasteiger charge is 2.12. The van der Waals surface area contributed by atoms with E-state index >= 15 is 0 Å². The van der Waals surface area contributed by atoms with Crippen molar-refractivity contribution in [2.75, 3.05) is 0 Å². The predicted molar refractivity (Wildman–Crippen MR) is 101 cm³/mol. The number of benzene rings is 4. The SMILES string of the molecule is CCCc1ccc2c(ccc3cc(-c4cc(F)c(F)c(F)c4)ccc32)c1. The quantitative estimate of drug-likeness (QED) is 0.275. The summed E-state index contributed by atoms with van der Waals surface area (Å²) in [5.41, 5.74) is 2.28. The molecule has 0 aliphatic heterocycles. The van der Waals surface area contributed by atoms with Crippen LogP contribution in [0.5, 0.6) is 0 Å². The Balaban J connectivity index is 1.85. The van der Waals surface area contributed by atoms with Crippen molar-refractivity contribution in [3.05, 3.63) is 83.7 Å². The van der Waals surface area contributed by atoms with Crippen molar-refractivity contribution in [3.8, 4) is 11.1 Å². The van der Waals surface area contributed by atoms with Gasteiger partial charge in [0.05, 0.1) is 0 Å². The molecular formula is C23H17F3. The van der Waals surface area contributed by atoms with E-state index in [1.54, 1.807) is 0 Å². The van der Waals surface area contributed by atoms with Crippen LogP contribution in [0.4, 0.5) is 13.2 Å². The molecule has 0 spiro atoms. The molecule has 0 nitrogen and oxygen atoms in total. The number of rotatable bonds is 3. The molecule has 0 N–H and O–H groups in total. The first-order chi connectivity index (χ1) is 12.6. The zero-order chi connectivity index (χ0) is 18.3. The Hall–Kier alpha value is -2.81. The van der Waals surface area contributed by atoms with Crippen LogP contribution in [-0.4, -0.2) is 0 Å². The first-order valence-electron chi connectivity index (χ1n) is 8.67. The van der Waals surface area contributed by atoms with Crippen LogP contribution < -0.4 is 0 Å². The highest BCUT2D eigenvalue weighted by molar-refractivity contribution is 6.08. The molecule has 0 fully saturated rings. The van der Waals surface area contributed by atoms with Crippen LogP contribution in [0.1, 0.15) is 18.9 Å². The average molecular weight is 350 g/mol. The molecule has 0 amide bonds. The molecule has 0 radical (unpaired) electrons. The fraction of sp³-hybridized carbons (Fsp3) is 0.130. The van der Waals surface area contributed by atoms with Gasteiger partial charge in [-0.3, -0.25) is 0 Å². The smallest absolute Gasteiger partial charge is 0.194 e. The van der Waals surface area contributed by atoms with Crippen molar-refractivity contribution in [1.29, 1.82) is 0 Å². The van der Waals surface area contributed by atoms with Crippen LogP contribution in [0.3, 0.4) is 0 Å². The molecular weight excluding hydrogens is 333 g/mol. The zero-order valence-corrected chi connectivity index (χ0v) is 14.3. The van der Waals surface area contributed by atoms with Crippen LogP contribution >= 0.6 is 0 Å². The predicted octanol–water partition coefficient (Wildman–Crippen LogP) is 7.03. The van der Waals surface area contributed by atoms with Crippen LogP contribution in [0, 0.1) is 17.5 Å². The Morgan fingerprint density at radius 2 is 1.27 bits per heavy atom. The molecule has 4 rings (SSSR count). The van der Waals surface area contributed by atoms with E-state index in [2.05, 4.69) is 31.2 Å². The lowest BCUT2D eigenvalue weighted by Crippen LogP contribution is -1.92. The second-order valence-corrected chi connectivity index (χ2v) is 6.56. The standard InChI is InChI=1S/C23H17F3/c1-2-3-14-4-8-19-16(10-14)5-6-17-11-15(7-9-20(17)19)18-12-21(24)23(26)22(25)13-18/h4-13H,2-3H2,1H3. The number of hydrogen-bond donors (Lipinski definition) is 0. The molecule has 130 valence electrons. The molecule has 0 aliphatic carbocycles. The third-order valence-electron chi connectivity index (χ3n) is 4.76. The molecule has 0 unspecified atom stereocenters. The van der Waals surface area contributed by atoms with Gasteiger partial charge in [0.1, 0.15) is 0 Å². The fourth-order valence-corrected chi connectivity index (χ4v) is 3.47. The number of halogens is 3. The number of hydrogen-bond acceptors (Lipinski definition) is 0. The molecule has 3 heteroatoms. The minimum Gasteiger partial charge on any atom is -0.204 e. The summed E-state index contributed by atoms with van der Waals surface area (Å²) in [6, 6.07) is 18.2. The maximum atomic E-state index is 13.5. The molecule has 4 aromatic rings. The summed E-state index contributed by atoms with van der Waals surface area (Å²) in [7, 11) is 0. The lowest BCUT2D eigenvalue weighted by molar-refractivity contribution is 0.448. The van der Waals surface area contributed by atoms with Gasteiger partial charge in [-0.25, -0.2) is 13.2 Å². The molecule has 0 aromatic heterocycles. The third kappa shape index (κ3) is 2.84. The Bertz CT molecular complexity index is 1110. The minimum absolute atomic E-state index is 0.321. The van der Waals surface area contributed by atoms with E-state index in [0.717, 1.165) is 41.1 Å². The van der Waals surface area contributed by atoms with Gasteiger partial charge in [0.15, 0.2) is 17.5 Å². The molecule has 4 aromatic carbocycles. The van der Waals surface area contributed by atoms with Gasteiger partial charge in [0.2, 0.25) is 0 Å². The maximum absolute atomic E-state index is 13.5. The van der Waals surface area contributed by atoms with E-state index in [0.29, 0.717) is 11.1 Å². The monoisotopic (exact) mass is 350 g/mol. The fourth-order valence-electron chi connectivity index (χ4n) is 3.47. The Morgan fingerprint density at radius 3 is 1.92 bits per heavy atom. The summed E-state index contributed by atoms with van der Waals surface area (Å²) in [5.74, 6) is -3.80. The molecule has 0 aliphatic rings. The van der Waals surface area contributed by atoms with E-state index in [9.17, 15) is 13.2 Å². The molecule has 26 heavy (non-hydrogen) atoms. The van der Waals surface area contributed by atoms with Gasteiger partial charge < -0.3 is 0 Å². The van der Waals surface area contributed by atoms with Crippen molar-refractivity contribution >= 4 is 21.5 Å². The van der Waals surface area contributed by atoms with Gasteiger partial charge in [0.25, 0.3) is 0 Å². The highest BCUT2D eigenvalue weighted by atomic mass is 19.2. The van der Waals surface area contributed by atoms with Crippen LogP contribution in [0.2, 0.25) is 0 Å². The summed E-state index contributed by atoms with van der Waals surface area (Å²) in [6.07, 6.45) is 2.15. The first-order valence-corrected chi connectivity index (χ1v) is 8.67. The van der Waals surface area contributed by atoms with Crippen molar-refractivity contribution in [1.82, 2.24) is 0 Å². The van der Waals surface area contributed by atoms with Crippen LogP contribution in [0.25, 0.3) is 32.7 Å². The molecule has 0 heterocycles. The van der Waals surface area contributed by atoms with Gasteiger partial charge in [-0.15, -0.1) is 0 Å². The molecule has 0 saturated carbocycles. The summed E-state index contributed by atoms with van der Waals surface area (Å²) in [4.78, 5) is 0. The lowest BCUT2D eigenvalue weighted by Gasteiger charge is -2.09. The molecule has 0 bridgehead atoms. The second-order valence-electron chi connectivity index (χ2n) is 6.56. The largest absolute Gasteiger partial charge is 0.204 e. The number of fused-ring (bicyclic) bond motifs is 3. The average Bonchev–Trinajstić information content (AvgIpc) is 2.65. The Kier molecular flexibility index (Phi) is 4.15. The third-order valence-corrected chi connectivity index (χ3v) is 4.76. The topological polar surface area (TPSA) is 0 Å². The van der Waals surface area contributed by atoms with E-state index in [-0.39, 0.29) is 0 Å². The van der Waals surface area contributed by atoms with Crippen LogP contribution in [0.15, 0.2) is 60.7 Å². The van der Waals surface area contributed by atoms with E-state index in [4.69, 9.17) is 0 Å². The second kappa shape index (κ2) is 6.49. The molecule has 0 saturated heterocycles. The zero-order valence-electron chi connectivity index (χ0n) is 14.3. The summed E-state index contributed by atoms with van der Waals surface area (Å²) in [6.45, 7) is 2.16. The summed E-state index contributed by atoms with van der Waals surface area (Å²) in [5, 5.41) is 4.38. The maximum Gasteiger partial charge on any atom is 0.194 e. The van der Waals surface area contributed by atoms with E-state index in [1.807, 2.05) is 24.3 Å². The van der Waals surface area contributed by atoms with Gasteiger partial charge in [0, 0.05) is 0 Å².